The van der Waals surface area contributed by atoms with E-state index >= 15 is 0 Å². The Morgan fingerprint density at radius 2 is 2.00 bits per heavy atom. The maximum Gasteiger partial charge on any atom is 0.156 e. The van der Waals surface area contributed by atoms with Crippen molar-refractivity contribution in [2.75, 3.05) is 38.9 Å². The lowest BCUT2D eigenvalue weighted by molar-refractivity contribution is 0.0903. The first-order valence-electron chi connectivity index (χ1n) is 7.64. The number of ether oxygens (including phenoxy) is 3. The van der Waals surface area contributed by atoms with E-state index in [1.807, 2.05) is 0 Å². The van der Waals surface area contributed by atoms with Crippen LogP contribution in [0.3, 0.4) is 0 Å². The van der Waals surface area contributed by atoms with Crippen LogP contribution in [0.15, 0.2) is 6.07 Å². The molecule has 3 heterocycles. The lowest BCUT2D eigenvalue weighted by Gasteiger charge is -2.24. The van der Waals surface area contributed by atoms with Crippen molar-refractivity contribution in [2.45, 2.75) is 37.8 Å². The zero-order chi connectivity index (χ0) is 14.5. The monoisotopic (exact) mass is 293 g/mol. The Hall–Kier alpha value is -1.24. The second-order valence-electron chi connectivity index (χ2n) is 5.62. The minimum Gasteiger partial charge on any atom is -0.381 e. The molecule has 0 saturated carbocycles. The van der Waals surface area contributed by atoms with E-state index < -0.39 is 0 Å². The number of rotatable bonds is 5. The molecule has 6 nitrogen and oxygen atoms in total. The molecule has 1 atom stereocenters. The van der Waals surface area contributed by atoms with Crippen LogP contribution in [0.5, 0.6) is 0 Å². The summed E-state index contributed by atoms with van der Waals surface area (Å²) in [6.45, 7) is 3.63. The third-order valence-electron chi connectivity index (χ3n) is 3.99. The van der Waals surface area contributed by atoms with Gasteiger partial charge in [-0.2, -0.15) is 0 Å². The molecule has 1 N–H and O–H groups in total. The molecule has 6 heteroatoms. The predicted octanol–water partition coefficient (Wildman–Crippen LogP) is 1.72. The van der Waals surface area contributed by atoms with Gasteiger partial charge in [0.1, 0.15) is 12.4 Å². The molecule has 0 aliphatic carbocycles. The first kappa shape index (κ1) is 14.7. The first-order chi connectivity index (χ1) is 10.3. The lowest BCUT2D eigenvalue weighted by atomic mass is 10.0. The molecular formula is C15H23N3O3. The fourth-order valence-electron chi connectivity index (χ4n) is 2.81. The number of methoxy groups -OCH3 is 1. The summed E-state index contributed by atoms with van der Waals surface area (Å²) in [4.78, 5) is 9.18. The normalized spacial score (nSPS) is 23.4. The van der Waals surface area contributed by atoms with Gasteiger partial charge in [0.05, 0.1) is 12.3 Å². The van der Waals surface area contributed by atoms with Crippen LogP contribution in [-0.2, 0) is 20.8 Å². The second-order valence-corrected chi connectivity index (χ2v) is 5.62. The standard InChI is InChI=1S/C15H23N3O3/c1-19-10-15-17-13(11-2-5-21-9-11)8-14(18-15)16-12-3-6-20-7-4-12/h8,11-12H,2-7,9-10H2,1H3,(H,16,17,18)/t11-/m1/s1. The first-order valence-corrected chi connectivity index (χ1v) is 7.64. The molecule has 116 valence electrons. The van der Waals surface area contributed by atoms with Gasteiger partial charge in [-0.05, 0) is 19.3 Å². The minimum absolute atomic E-state index is 0.374. The van der Waals surface area contributed by atoms with E-state index in [9.17, 15) is 0 Å². The molecule has 0 aromatic carbocycles. The largest absolute Gasteiger partial charge is 0.381 e. The van der Waals surface area contributed by atoms with Crippen LogP contribution in [0.4, 0.5) is 5.82 Å². The molecule has 1 aromatic rings. The summed E-state index contributed by atoms with van der Waals surface area (Å²) < 4.78 is 16.1. The Morgan fingerprint density at radius 3 is 2.71 bits per heavy atom. The van der Waals surface area contributed by atoms with Crippen molar-refractivity contribution in [3.05, 3.63) is 17.6 Å². The fourth-order valence-corrected chi connectivity index (χ4v) is 2.81. The summed E-state index contributed by atoms with van der Waals surface area (Å²) >= 11 is 0. The zero-order valence-electron chi connectivity index (χ0n) is 12.5. The number of nitrogens with one attached hydrogen (secondary N) is 1. The van der Waals surface area contributed by atoms with Crippen molar-refractivity contribution in [2.24, 2.45) is 0 Å². The summed E-state index contributed by atoms with van der Waals surface area (Å²) in [6, 6.07) is 2.49. The summed E-state index contributed by atoms with van der Waals surface area (Å²) in [6.07, 6.45) is 3.07. The van der Waals surface area contributed by atoms with Crippen LogP contribution in [0, 0.1) is 0 Å². The van der Waals surface area contributed by atoms with Crippen molar-refractivity contribution >= 4 is 5.82 Å². The molecule has 2 aliphatic rings. The zero-order valence-corrected chi connectivity index (χ0v) is 12.5. The van der Waals surface area contributed by atoms with Gasteiger partial charge in [-0.15, -0.1) is 0 Å². The van der Waals surface area contributed by atoms with Gasteiger partial charge in [0.25, 0.3) is 0 Å². The third kappa shape index (κ3) is 3.90. The fraction of sp³-hybridized carbons (Fsp3) is 0.733. The summed E-state index contributed by atoms with van der Waals surface area (Å²) in [5.74, 6) is 2.00. The van der Waals surface area contributed by atoms with Gasteiger partial charge in [-0.1, -0.05) is 0 Å². The maximum atomic E-state index is 5.47. The lowest BCUT2D eigenvalue weighted by Crippen LogP contribution is -2.28. The Morgan fingerprint density at radius 1 is 1.19 bits per heavy atom. The number of hydrogen-bond donors (Lipinski definition) is 1. The Balaban J connectivity index is 1.76. The molecule has 3 rings (SSSR count). The Bertz CT molecular complexity index is 457. The average molecular weight is 293 g/mol. The topological polar surface area (TPSA) is 65.5 Å². The van der Waals surface area contributed by atoms with Crippen LogP contribution in [-0.4, -0.2) is 49.5 Å². The quantitative estimate of drug-likeness (QED) is 0.891. The van der Waals surface area contributed by atoms with Gasteiger partial charge < -0.3 is 19.5 Å². The molecule has 2 saturated heterocycles. The van der Waals surface area contributed by atoms with Crippen LogP contribution in [0.1, 0.15) is 36.7 Å². The SMILES string of the molecule is COCc1nc(NC2CCOCC2)cc([C@@H]2CCOC2)n1. The number of nitrogens with zero attached hydrogens (tertiary/aromatic N) is 2. The van der Waals surface area contributed by atoms with Gasteiger partial charge in [0.15, 0.2) is 5.82 Å². The summed E-state index contributed by atoms with van der Waals surface area (Å²) in [5.41, 5.74) is 1.06. The highest BCUT2D eigenvalue weighted by Gasteiger charge is 2.21. The highest BCUT2D eigenvalue weighted by molar-refractivity contribution is 5.38. The van der Waals surface area contributed by atoms with Crippen LogP contribution >= 0.6 is 0 Å². The van der Waals surface area contributed by atoms with E-state index in [1.54, 1.807) is 7.11 Å². The van der Waals surface area contributed by atoms with Crippen LogP contribution in [0.25, 0.3) is 0 Å². The number of hydrogen-bond acceptors (Lipinski definition) is 6. The van der Waals surface area contributed by atoms with E-state index in [0.717, 1.165) is 63.0 Å². The van der Waals surface area contributed by atoms with E-state index in [0.29, 0.717) is 18.6 Å². The third-order valence-corrected chi connectivity index (χ3v) is 3.99. The molecule has 2 aliphatic heterocycles. The minimum atomic E-state index is 0.374. The molecule has 0 amide bonds. The second kappa shape index (κ2) is 7.15. The van der Waals surface area contributed by atoms with Crippen LogP contribution in [0.2, 0.25) is 0 Å². The van der Waals surface area contributed by atoms with Gasteiger partial charge in [-0.25, -0.2) is 9.97 Å². The molecule has 2 fully saturated rings. The van der Waals surface area contributed by atoms with Gasteiger partial charge in [-0.3, -0.25) is 0 Å². The van der Waals surface area contributed by atoms with E-state index in [-0.39, 0.29) is 0 Å². The number of anilines is 1. The van der Waals surface area contributed by atoms with Crippen molar-refractivity contribution in [1.29, 1.82) is 0 Å². The smallest absolute Gasteiger partial charge is 0.156 e. The van der Waals surface area contributed by atoms with E-state index in [2.05, 4.69) is 21.4 Å². The van der Waals surface area contributed by atoms with Crippen molar-refractivity contribution < 1.29 is 14.2 Å². The summed E-state index contributed by atoms with van der Waals surface area (Å²) in [5, 5.41) is 3.52. The molecule has 0 spiro atoms. The van der Waals surface area contributed by atoms with Gasteiger partial charge >= 0.3 is 0 Å². The maximum absolute atomic E-state index is 5.47. The Labute approximate surface area is 125 Å². The average Bonchev–Trinajstić information content (AvgIpc) is 3.03. The number of aromatic nitrogens is 2. The molecule has 21 heavy (non-hydrogen) atoms. The Kier molecular flexibility index (Phi) is 5.00. The molecule has 0 unspecified atom stereocenters. The molecule has 1 aromatic heterocycles. The highest BCUT2D eigenvalue weighted by atomic mass is 16.5. The van der Waals surface area contributed by atoms with Crippen molar-refractivity contribution in [3.63, 3.8) is 0 Å². The summed E-state index contributed by atoms with van der Waals surface area (Å²) in [7, 11) is 1.67. The van der Waals surface area contributed by atoms with E-state index in [4.69, 9.17) is 14.2 Å². The molecule has 0 bridgehead atoms. The van der Waals surface area contributed by atoms with Crippen molar-refractivity contribution in [3.8, 4) is 0 Å². The van der Waals surface area contributed by atoms with Crippen molar-refractivity contribution in [1.82, 2.24) is 9.97 Å². The van der Waals surface area contributed by atoms with Crippen LogP contribution < -0.4 is 5.32 Å². The van der Waals surface area contributed by atoms with Gasteiger partial charge in [0.2, 0.25) is 0 Å². The molecule has 0 radical (unpaired) electrons. The predicted molar refractivity (Wildman–Crippen MR) is 78.4 cm³/mol. The molecular weight excluding hydrogens is 270 g/mol. The highest BCUT2D eigenvalue weighted by Crippen LogP contribution is 2.26. The van der Waals surface area contributed by atoms with E-state index in [1.165, 1.54) is 0 Å². The van der Waals surface area contributed by atoms with Gasteiger partial charge in [0, 0.05) is 45.0 Å².